The van der Waals surface area contributed by atoms with Gasteiger partial charge >= 0.3 is 6.09 Å². The predicted molar refractivity (Wildman–Crippen MR) is 86.8 cm³/mol. The van der Waals surface area contributed by atoms with Crippen LogP contribution in [0.4, 0.5) is 4.79 Å². The zero-order valence-electron chi connectivity index (χ0n) is 13.4. The van der Waals surface area contributed by atoms with Gasteiger partial charge in [0, 0.05) is 6.42 Å². The maximum atomic E-state index is 12.4. The molecule has 2 atom stereocenters. The highest BCUT2D eigenvalue weighted by atomic mass is 16.5. The molecule has 2 unspecified atom stereocenters. The fraction of sp³-hybridized carbons (Fsp3) is 0.389. The van der Waals surface area contributed by atoms with Crippen LogP contribution in [0.2, 0.25) is 0 Å². The van der Waals surface area contributed by atoms with Gasteiger partial charge in [-0.1, -0.05) is 42.5 Å². The van der Waals surface area contributed by atoms with Crippen LogP contribution in [0.15, 0.2) is 36.4 Å². The Bertz CT molecular complexity index is 623. The minimum atomic E-state index is -1.19. The second kappa shape index (κ2) is 7.22. The topological polar surface area (TPSA) is 72.5 Å². The summed E-state index contributed by atoms with van der Waals surface area (Å²) in [5.74, 6) is -0.344. The number of ether oxygens (including phenoxy) is 1. The number of benzene rings is 1. The molecule has 1 aliphatic carbocycles. The zero-order chi connectivity index (χ0) is 16.9. The lowest BCUT2D eigenvalue weighted by Crippen LogP contribution is -2.52. The molecule has 0 saturated heterocycles. The number of carbonyl (C=O) groups is 3. The summed E-state index contributed by atoms with van der Waals surface area (Å²) in [6.07, 6.45) is 4.30. The number of ketones is 2. The maximum absolute atomic E-state index is 12.4. The minimum Gasteiger partial charge on any atom is -0.453 e. The first-order valence-corrected chi connectivity index (χ1v) is 7.63. The van der Waals surface area contributed by atoms with Gasteiger partial charge in [0.25, 0.3) is 0 Å². The number of alkyl carbamates (subject to hydrolysis) is 1. The average molecular weight is 315 g/mol. The van der Waals surface area contributed by atoms with Gasteiger partial charge in [-0.15, -0.1) is 0 Å². The average Bonchev–Trinajstić information content (AvgIpc) is 2.94. The maximum Gasteiger partial charge on any atom is 0.407 e. The number of methoxy groups -OCH3 is 1. The summed E-state index contributed by atoms with van der Waals surface area (Å²) in [6, 6.07) is 8.78. The van der Waals surface area contributed by atoms with Crippen LogP contribution in [0.1, 0.15) is 31.7 Å². The second-order valence-electron chi connectivity index (χ2n) is 5.69. The molecule has 0 aliphatic heterocycles. The van der Waals surface area contributed by atoms with E-state index in [-0.39, 0.29) is 11.6 Å². The zero-order valence-corrected chi connectivity index (χ0v) is 13.4. The van der Waals surface area contributed by atoms with Gasteiger partial charge in [-0.05, 0) is 25.3 Å². The van der Waals surface area contributed by atoms with Gasteiger partial charge in [-0.2, -0.15) is 0 Å². The molecule has 0 heterocycles. The van der Waals surface area contributed by atoms with Crippen molar-refractivity contribution in [3.8, 4) is 0 Å². The smallest absolute Gasteiger partial charge is 0.407 e. The Morgan fingerprint density at radius 2 is 2.00 bits per heavy atom. The van der Waals surface area contributed by atoms with Crippen molar-refractivity contribution in [2.45, 2.75) is 32.2 Å². The van der Waals surface area contributed by atoms with Crippen LogP contribution in [0.3, 0.4) is 0 Å². The first-order chi connectivity index (χ1) is 11.0. The molecule has 5 heteroatoms. The summed E-state index contributed by atoms with van der Waals surface area (Å²) in [4.78, 5) is 36.3. The van der Waals surface area contributed by atoms with Crippen molar-refractivity contribution in [1.82, 2.24) is 5.32 Å². The van der Waals surface area contributed by atoms with E-state index in [2.05, 4.69) is 10.1 Å². The number of hydrogen-bond donors (Lipinski definition) is 1. The fourth-order valence-electron chi connectivity index (χ4n) is 3.10. The molecule has 1 aliphatic rings. The summed E-state index contributed by atoms with van der Waals surface area (Å²) in [5, 5.41) is 2.64. The van der Waals surface area contributed by atoms with Crippen molar-refractivity contribution in [1.29, 1.82) is 0 Å². The summed E-state index contributed by atoms with van der Waals surface area (Å²) >= 11 is 0. The molecule has 1 amide bonds. The van der Waals surface area contributed by atoms with E-state index in [0.717, 1.165) is 5.56 Å². The highest BCUT2D eigenvalue weighted by Crippen LogP contribution is 2.39. The van der Waals surface area contributed by atoms with Gasteiger partial charge in [0.05, 0.1) is 13.2 Å². The van der Waals surface area contributed by atoms with Crippen molar-refractivity contribution in [3.05, 3.63) is 42.0 Å². The van der Waals surface area contributed by atoms with E-state index in [1.807, 2.05) is 30.3 Å². The largest absolute Gasteiger partial charge is 0.453 e. The molecule has 1 fully saturated rings. The van der Waals surface area contributed by atoms with E-state index in [0.29, 0.717) is 19.3 Å². The van der Waals surface area contributed by atoms with Crippen molar-refractivity contribution >= 4 is 23.7 Å². The molecule has 122 valence electrons. The van der Waals surface area contributed by atoms with Crippen LogP contribution in [0.25, 0.3) is 6.08 Å². The summed E-state index contributed by atoms with van der Waals surface area (Å²) in [7, 11) is 1.25. The molecule has 1 N–H and O–H groups in total. The van der Waals surface area contributed by atoms with Gasteiger partial charge in [-0.25, -0.2) is 4.79 Å². The molecule has 0 aromatic heterocycles. The number of amides is 1. The van der Waals surface area contributed by atoms with Crippen molar-refractivity contribution < 1.29 is 19.1 Å². The van der Waals surface area contributed by atoms with E-state index in [1.165, 1.54) is 14.0 Å². The Morgan fingerprint density at radius 3 is 2.52 bits per heavy atom. The third kappa shape index (κ3) is 3.50. The lowest BCUT2D eigenvalue weighted by molar-refractivity contribution is -0.138. The van der Waals surface area contributed by atoms with Crippen LogP contribution in [0, 0.1) is 5.41 Å². The molecule has 2 rings (SSSR count). The fourth-order valence-corrected chi connectivity index (χ4v) is 3.10. The summed E-state index contributed by atoms with van der Waals surface area (Å²) in [6.45, 7) is 1.41. The number of nitrogens with one attached hydrogen (secondary N) is 1. The van der Waals surface area contributed by atoms with Crippen molar-refractivity contribution in [2.24, 2.45) is 5.41 Å². The highest BCUT2D eigenvalue weighted by Gasteiger charge is 2.51. The van der Waals surface area contributed by atoms with Crippen LogP contribution >= 0.6 is 0 Å². The van der Waals surface area contributed by atoms with E-state index in [4.69, 9.17) is 0 Å². The monoisotopic (exact) mass is 315 g/mol. The quantitative estimate of drug-likeness (QED) is 0.848. The van der Waals surface area contributed by atoms with E-state index in [1.54, 1.807) is 12.2 Å². The molecule has 0 spiro atoms. The van der Waals surface area contributed by atoms with Gasteiger partial charge < -0.3 is 10.1 Å². The van der Waals surface area contributed by atoms with Crippen LogP contribution < -0.4 is 5.32 Å². The molecule has 0 bridgehead atoms. The van der Waals surface area contributed by atoms with E-state index < -0.39 is 17.6 Å². The molecule has 23 heavy (non-hydrogen) atoms. The Balaban J connectivity index is 2.36. The molecule has 1 aromatic carbocycles. The summed E-state index contributed by atoms with van der Waals surface area (Å²) < 4.78 is 4.65. The SMILES string of the molecule is COC(=O)NC(/C=C/c1ccccc1)C1(C(C)=O)CCCC1=O. The first kappa shape index (κ1) is 16.9. The van der Waals surface area contributed by atoms with Gasteiger partial charge in [-0.3, -0.25) is 9.59 Å². The molecular weight excluding hydrogens is 294 g/mol. The van der Waals surface area contributed by atoms with E-state index >= 15 is 0 Å². The first-order valence-electron chi connectivity index (χ1n) is 7.63. The van der Waals surface area contributed by atoms with Crippen molar-refractivity contribution in [2.75, 3.05) is 7.11 Å². The van der Waals surface area contributed by atoms with Gasteiger partial charge in [0.1, 0.15) is 17.0 Å². The van der Waals surface area contributed by atoms with Crippen LogP contribution in [-0.4, -0.2) is 30.8 Å². The van der Waals surface area contributed by atoms with Gasteiger partial charge in [0.2, 0.25) is 0 Å². The lowest BCUT2D eigenvalue weighted by Gasteiger charge is -2.32. The second-order valence-corrected chi connectivity index (χ2v) is 5.69. The Labute approximate surface area is 135 Å². The molecule has 0 radical (unpaired) electrons. The Morgan fingerprint density at radius 1 is 1.30 bits per heavy atom. The van der Waals surface area contributed by atoms with Crippen molar-refractivity contribution in [3.63, 3.8) is 0 Å². The van der Waals surface area contributed by atoms with E-state index in [9.17, 15) is 14.4 Å². The number of hydrogen-bond acceptors (Lipinski definition) is 4. The molecule has 1 saturated carbocycles. The highest BCUT2D eigenvalue weighted by molar-refractivity contribution is 6.08. The molecule has 1 aromatic rings. The van der Waals surface area contributed by atoms with Gasteiger partial charge in [0.15, 0.2) is 0 Å². The number of rotatable bonds is 5. The Kier molecular flexibility index (Phi) is 5.32. The van der Waals surface area contributed by atoms with Crippen LogP contribution in [0.5, 0.6) is 0 Å². The lowest BCUT2D eigenvalue weighted by atomic mass is 9.74. The molecule has 5 nitrogen and oxygen atoms in total. The summed E-state index contributed by atoms with van der Waals surface area (Å²) in [5.41, 5.74) is -0.271. The molecular formula is C18H21NO4. The minimum absolute atomic E-state index is 0.121. The standard InChI is InChI=1S/C18H21NO4/c1-13(20)18(12-6-9-16(18)21)15(19-17(22)23-2)11-10-14-7-4-3-5-8-14/h3-5,7-8,10-11,15H,6,9,12H2,1-2H3,(H,19,22)/b11-10+. The number of carbonyl (C=O) groups excluding carboxylic acids is 3. The number of Topliss-reactive ketones (excluding diaryl/α,β-unsaturated/α-hetero) is 2. The van der Waals surface area contributed by atoms with Crippen LogP contribution in [-0.2, 0) is 14.3 Å². The Hall–Kier alpha value is -2.43. The third-order valence-corrected chi connectivity index (χ3v) is 4.37. The third-order valence-electron chi connectivity index (χ3n) is 4.37. The normalized spacial score (nSPS) is 22.1. The predicted octanol–water partition coefficient (Wildman–Crippen LogP) is 2.75.